The largest absolute Gasteiger partial charge is 0.301 e. The molecule has 1 rings (SSSR count). The SMILES string of the molecule is CC(C)CN1CCCC(NN)C1. The molecule has 1 unspecified atom stereocenters. The van der Waals surface area contributed by atoms with Crippen LogP contribution < -0.4 is 11.3 Å². The van der Waals surface area contributed by atoms with Gasteiger partial charge in [-0.2, -0.15) is 0 Å². The summed E-state index contributed by atoms with van der Waals surface area (Å²) in [7, 11) is 0. The van der Waals surface area contributed by atoms with Gasteiger partial charge in [-0.1, -0.05) is 13.8 Å². The summed E-state index contributed by atoms with van der Waals surface area (Å²) in [6.07, 6.45) is 2.51. The number of hydrazine groups is 1. The Hall–Kier alpha value is -0.120. The van der Waals surface area contributed by atoms with Gasteiger partial charge in [-0.3, -0.25) is 11.3 Å². The maximum atomic E-state index is 5.42. The fourth-order valence-electron chi connectivity index (χ4n) is 1.87. The zero-order chi connectivity index (χ0) is 8.97. The summed E-state index contributed by atoms with van der Waals surface area (Å²) in [5.74, 6) is 6.18. The topological polar surface area (TPSA) is 41.3 Å². The average molecular weight is 171 g/mol. The fraction of sp³-hybridized carbons (Fsp3) is 1.00. The van der Waals surface area contributed by atoms with Crippen LogP contribution in [-0.4, -0.2) is 30.6 Å². The number of nitrogens with zero attached hydrogens (tertiary/aromatic N) is 1. The van der Waals surface area contributed by atoms with Gasteiger partial charge in [-0.15, -0.1) is 0 Å². The van der Waals surface area contributed by atoms with Gasteiger partial charge in [0.1, 0.15) is 0 Å². The molecule has 0 bridgehead atoms. The Morgan fingerprint density at radius 3 is 2.92 bits per heavy atom. The van der Waals surface area contributed by atoms with Crippen LogP contribution in [0, 0.1) is 5.92 Å². The van der Waals surface area contributed by atoms with Crippen molar-refractivity contribution in [1.29, 1.82) is 0 Å². The van der Waals surface area contributed by atoms with Gasteiger partial charge >= 0.3 is 0 Å². The number of piperidine rings is 1. The van der Waals surface area contributed by atoms with Crippen LogP contribution in [0.3, 0.4) is 0 Å². The molecular formula is C9H21N3. The second kappa shape index (κ2) is 4.80. The lowest BCUT2D eigenvalue weighted by Gasteiger charge is -2.33. The van der Waals surface area contributed by atoms with Crippen LogP contribution in [0.5, 0.6) is 0 Å². The maximum Gasteiger partial charge on any atom is 0.0338 e. The molecule has 0 aromatic heterocycles. The Bertz CT molecular complexity index is 125. The first kappa shape index (κ1) is 9.96. The van der Waals surface area contributed by atoms with Crippen molar-refractivity contribution >= 4 is 0 Å². The van der Waals surface area contributed by atoms with Crippen molar-refractivity contribution in [2.75, 3.05) is 19.6 Å². The molecule has 0 aliphatic carbocycles. The van der Waals surface area contributed by atoms with Gasteiger partial charge in [0, 0.05) is 19.1 Å². The third-order valence-corrected chi connectivity index (χ3v) is 2.36. The normalized spacial score (nSPS) is 26.5. The van der Waals surface area contributed by atoms with E-state index in [-0.39, 0.29) is 0 Å². The molecule has 1 aliphatic heterocycles. The van der Waals surface area contributed by atoms with E-state index < -0.39 is 0 Å². The number of nitrogens with two attached hydrogens (primary N) is 1. The molecule has 12 heavy (non-hydrogen) atoms. The van der Waals surface area contributed by atoms with Crippen molar-refractivity contribution in [1.82, 2.24) is 10.3 Å². The Kier molecular flexibility index (Phi) is 3.98. The van der Waals surface area contributed by atoms with Crippen LogP contribution >= 0.6 is 0 Å². The molecule has 0 radical (unpaired) electrons. The molecule has 3 N–H and O–H groups in total. The predicted octanol–water partition coefficient (Wildman–Crippen LogP) is 0.570. The molecule has 1 heterocycles. The van der Waals surface area contributed by atoms with Crippen LogP contribution in [0.4, 0.5) is 0 Å². The standard InChI is InChI=1S/C9H21N3/c1-8(2)6-12-5-3-4-9(7-12)11-10/h8-9,11H,3-7,10H2,1-2H3. The lowest BCUT2D eigenvalue weighted by Crippen LogP contribution is -2.48. The first-order valence-corrected chi connectivity index (χ1v) is 4.91. The first-order chi connectivity index (χ1) is 5.72. The van der Waals surface area contributed by atoms with E-state index in [2.05, 4.69) is 24.2 Å². The number of likely N-dealkylation sites (tertiary alicyclic amines) is 1. The monoisotopic (exact) mass is 171 g/mol. The second-order valence-corrected chi connectivity index (χ2v) is 4.16. The maximum absolute atomic E-state index is 5.42. The zero-order valence-corrected chi connectivity index (χ0v) is 8.21. The molecule has 0 aromatic carbocycles. The molecular weight excluding hydrogens is 150 g/mol. The predicted molar refractivity (Wildman–Crippen MR) is 51.6 cm³/mol. The van der Waals surface area contributed by atoms with Crippen molar-refractivity contribution in [3.63, 3.8) is 0 Å². The summed E-state index contributed by atoms with van der Waals surface area (Å²) in [6.45, 7) is 8.10. The molecule has 1 fully saturated rings. The zero-order valence-electron chi connectivity index (χ0n) is 8.21. The highest BCUT2D eigenvalue weighted by molar-refractivity contribution is 4.76. The van der Waals surface area contributed by atoms with Crippen LogP contribution in [0.2, 0.25) is 0 Å². The molecule has 1 aliphatic rings. The number of hydrogen-bond donors (Lipinski definition) is 2. The van der Waals surface area contributed by atoms with Crippen molar-refractivity contribution in [2.24, 2.45) is 11.8 Å². The van der Waals surface area contributed by atoms with Crippen molar-refractivity contribution < 1.29 is 0 Å². The van der Waals surface area contributed by atoms with Gasteiger partial charge in [0.15, 0.2) is 0 Å². The van der Waals surface area contributed by atoms with Gasteiger partial charge in [-0.05, 0) is 25.3 Å². The summed E-state index contributed by atoms with van der Waals surface area (Å²) in [5.41, 5.74) is 2.87. The summed E-state index contributed by atoms with van der Waals surface area (Å²) < 4.78 is 0. The lowest BCUT2D eigenvalue weighted by molar-refractivity contribution is 0.174. The number of rotatable bonds is 3. The van der Waals surface area contributed by atoms with E-state index in [0.717, 1.165) is 12.5 Å². The van der Waals surface area contributed by atoms with Crippen molar-refractivity contribution in [2.45, 2.75) is 32.7 Å². The Morgan fingerprint density at radius 1 is 1.58 bits per heavy atom. The number of nitrogens with one attached hydrogen (secondary N) is 1. The van der Waals surface area contributed by atoms with E-state index in [1.54, 1.807) is 0 Å². The highest BCUT2D eigenvalue weighted by Crippen LogP contribution is 2.10. The van der Waals surface area contributed by atoms with E-state index in [1.807, 2.05) is 0 Å². The van der Waals surface area contributed by atoms with E-state index in [9.17, 15) is 0 Å². The third kappa shape index (κ3) is 3.09. The van der Waals surface area contributed by atoms with Gasteiger partial charge < -0.3 is 4.90 Å². The Morgan fingerprint density at radius 2 is 2.33 bits per heavy atom. The Labute approximate surface area is 75.3 Å². The summed E-state index contributed by atoms with van der Waals surface area (Å²) in [4.78, 5) is 2.50. The van der Waals surface area contributed by atoms with E-state index >= 15 is 0 Å². The Balaban J connectivity index is 2.25. The molecule has 3 nitrogen and oxygen atoms in total. The molecule has 3 heteroatoms. The van der Waals surface area contributed by atoms with Gasteiger partial charge in [0.25, 0.3) is 0 Å². The van der Waals surface area contributed by atoms with Gasteiger partial charge in [-0.25, -0.2) is 0 Å². The quantitative estimate of drug-likeness (QED) is 0.482. The second-order valence-electron chi connectivity index (χ2n) is 4.16. The van der Waals surface area contributed by atoms with Crippen LogP contribution in [0.25, 0.3) is 0 Å². The van der Waals surface area contributed by atoms with Gasteiger partial charge in [0.05, 0.1) is 0 Å². The van der Waals surface area contributed by atoms with Crippen LogP contribution in [0.15, 0.2) is 0 Å². The van der Waals surface area contributed by atoms with Crippen molar-refractivity contribution in [3.05, 3.63) is 0 Å². The molecule has 0 saturated carbocycles. The molecule has 0 spiro atoms. The third-order valence-electron chi connectivity index (χ3n) is 2.36. The average Bonchev–Trinajstić information content (AvgIpc) is 2.03. The molecule has 72 valence electrons. The minimum absolute atomic E-state index is 0.512. The van der Waals surface area contributed by atoms with Crippen LogP contribution in [0.1, 0.15) is 26.7 Å². The van der Waals surface area contributed by atoms with E-state index in [1.165, 1.54) is 25.9 Å². The van der Waals surface area contributed by atoms with Crippen LogP contribution in [-0.2, 0) is 0 Å². The molecule has 1 atom stereocenters. The lowest BCUT2D eigenvalue weighted by atomic mass is 10.1. The minimum Gasteiger partial charge on any atom is -0.301 e. The smallest absolute Gasteiger partial charge is 0.0338 e. The van der Waals surface area contributed by atoms with E-state index in [0.29, 0.717) is 6.04 Å². The highest BCUT2D eigenvalue weighted by Gasteiger charge is 2.18. The molecule has 0 aromatic rings. The fourth-order valence-corrected chi connectivity index (χ4v) is 1.87. The summed E-state index contributed by atoms with van der Waals surface area (Å²) in [6, 6.07) is 0.512. The summed E-state index contributed by atoms with van der Waals surface area (Å²) in [5, 5.41) is 0. The highest BCUT2D eigenvalue weighted by atomic mass is 15.3. The summed E-state index contributed by atoms with van der Waals surface area (Å²) >= 11 is 0. The molecule has 0 amide bonds. The minimum atomic E-state index is 0.512. The molecule has 1 saturated heterocycles. The van der Waals surface area contributed by atoms with Crippen molar-refractivity contribution in [3.8, 4) is 0 Å². The first-order valence-electron chi connectivity index (χ1n) is 4.91. The number of hydrogen-bond acceptors (Lipinski definition) is 3. The van der Waals surface area contributed by atoms with Gasteiger partial charge in [0.2, 0.25) is 0 Å². The van der Waals surface area contributed by atoms with E-state index in [4.69, 9.17) is 5.84 Å².